The van der Waals surface area contributed by atoms with Gasteiger partial charge in [0.1, 0.15) is 0 Å². The molecule has 0 heterocycles. The maximum absolute atomic E-state index is 10.1. The SMILES string of the molecule is CCOc1cccc(C=Nc2c(C)cccc2C)c1O. The highest BCUT2D eigenvalue weighted by Crippen LogP contribution is 2.29. The van der Waals surface area contributed by atoms with Crippen LogP contribution in [-0.4, -0.2) is 17.9 Å². The number of aromatic hydroxyl groups is 1. The van der Waals surface area contributed by atoms with Crippen LogP contribution in [0.15, 0.2) is 41.4 Å². The molecule has 2 aromatic rings. The summed E-state index contributed by atoms with van der Waals surface area (Å²) >= 11 is 0. The minimum Gasteiger partial charge on any atom is -0.504 e. The van der Waals surface area contributed by atoms with Gasteiger partial charge in [-0.25, -0.2) is 0 Å². The van der Waals surface area contributed by atoms with Crippen molar-refractivity contribution in [3.63, 3.8) is 0 Å². The summed E-state index contributed by atoms with van der Waals surface area (Å²) in [4.78, 5) is 4.50. The lowest BCUT2D eigenvalue weighted by molar-refractivity contribution is 0.318. The molecule has 20 heavy (non-hydrogen) atoms. The van der Waals surface area contributed by atoms with E-state index in [1.165, 1.54) is 0 Å². The van der Waals surface area contributed by atoms with E-state index in [2.05, 4.69) is 4.99 Å². The molecule has 3 nitrogen and oxygen atoms in total. The molecule has 0 aliphatic rings. The summed E-state index contributed by atoms with van der Waals surface area (Å²) in [5, 5.41) is 10.1. The lowest BCUT2D eigenvalue weighted by Gasteiger charge is -2.08. The summed E-state index contributed by atoms with van der Waals surface area (Å²) in [5.74, 6) is 0.613. The average molecular weight is 269 g/mol. The second-order valence-corrected chi connectivity index (χ2v) is 4.63. The van der Waals surface area contributed by atoms with Crippen LogP contribution in [0.2, 0.25) is 0 Å². The summed E-state index contributed by atoms with van der Waals surface area (Å²) in [6.45, 7) is 6.45. The number of phenols is 1. The van der Waals surface area contributed by atoms with Gasteiger partial charge in [0, 0.05) is 11.8 Å². The number of benzene rings is 2. The molecule has 0 amide bonds. The molecule has 0 fully saturated rings. The molecule has 104 valence electrons. The fourth-order valence-corrected chi connectivity index (χ4v) is 2.06. The van der Waals surface area contributed by atoms with Crippen molar-refractivity contribution in [1.29, 1.82) is 0 Å². The van der Waals surface area contributed by atoms with E-state index in [1.54, 1.807) is 12.3 Å². The lowest BCUT2D eigenvalue weighted by Crippen LogP contribution is -1.93. The van der Waals surface area contributed by atoms with Gasteiger partial charge in [-0.2, -0.15) is 0 Å². The molecule has 0 unspecified atom stereocenters. The molecule has 0 aliphatic heterocycles. The second kappa shape index (κ2) is 6.24. The Kier molecular flexibility index (Phi) is 4.41. The lowest BCUT2D eigenvalue weighted by atomic mass is 10.1. The van der Waals surface area contributed by atoms with E-state index >= 15 is 0 Å². The van der Waals surface area contributed by atoms with Crippen LogP contribution in [0.1, 0.15) is 23.6 Å². The van der Waals surface area contributed by atoms with Crippen molar-refractivity contribution in [2.24, 2.45) is 4.99 Å². The first-order valence-corrected chi connectivity index (χ1v) is 6.68. The third-order valence-corrected chi connectivity index (χ3v) is 3.10. The molecule has 0 aromatic heterocycles. The first kappa shape index (κ1) is 14.1. The van der Waals surface area contributed by atoms with Crippen LogP contribution in [0.25, 0.3) is 0 Å². The van der Waals surface area contributed by atoms with E-state index in [0.29, 0.717) is 17.9 Å². The first-order valence-electron chi connectivity index (χ1n) is 6.68. The third kappa shape index (κ3) is 2.99. The van der Waals surface area contributed by atoms with Crippen molar-refractivity contribution in [2.75, 3.05) is 6.61 Å². The monoisotopic (exact) mass is 269 g/mol. The van der Waals surface area contributed by atoms with Crippen molar-refractivity contribution >= 4 is 11.9 Å². The molecular formula is C17H19NO2. The normalized spacial score (nSPS) is 10.9. The minimum atomic E-state index is 0.129. The van der Waals surface area contributed by atoms with Crippen LogP contribution in [0.3, 0.4) is 0 Å². The zero-order valence-corrected chi connectivity index (χ0v) is 12.1. The van der Waals surface area contributed by atoms with E-state index in [1.807, 2.05) is 51.1 Å². The third-order valence-electron chi connectivity index (χ3n) is 3.10. The fourth-order valence-electron chi connectivity index (χ4n) is 2.06. The molecule has 0 saturated heterocycles. The van der Waals surface area contributed by atoms with E-state index < -0.39 is 0 Å². The first-order chi connectivity index (χ1) is 9.63. The van der Waals surface area contributed by atoms with Gasteiger partial charge in [0.05, 0.1) is 12.3 Å². The van der Waals surface area contributed by atoms with Gasteiger partial charge in [0.25, 0.3) is 0 Å². The summed E-state index contributed by atoms with van der Waals surface area (Å²) in [5.41, 5.74) is 3.82. The maximum atomic E-state index is 10.1. The van der Waals surface area contributed by atoms with Crippen LogP contribution in [0, 0.1) is 13.8 Å². The Bertz CT molecular complexity index is 613. The number of aliphatic imine (C=N–C) groups is 1. The summed E-state index contributed by atoms with van der Waals surface area (Å²) in [6, 6.07) is 11.5. The van der Waals surface area contributed by atoms with Crippen LogP contribution in [0.5, 0.6) is 11.5 Å². The number of aryl methyl sites for hydroxylation is 2. The highest BCUT2D eigenvalue weighted by molar-refractivity contribution is 5.87. The van der Waals surface area contributed by atoms with Crippen LogP contribution < -0.4 is 4.74 Å². The number of nitrogens with zero attached hydrogens (tertiary/aromatic N) is 1. The Morgan fingerprint density at radius 2 is 1.75 bits per heavy atom. The van der Waals surface area contributed by atoms with Crippen LogP contribution in [-0.2, 0) is 0 Å². The molecule has 0 spiro atoms. The van der Waals surface area contributed by atoms with Gasteiger partial charge in [-0.3, -0.25) is 4.99 Å². The quantitative estimate of drug-likeness (QED) is 0.847. The average Bonchev–Trinajstić information content (AvgIpc) is 2.42. The molecule has 0 bridgehead atoms. The van der Waals surface area contributed by atoms with Crippen LogP contribution in [0.4, 0.5) is 5.69 Å². The van der Waals surface area contributed by atoms with Crippen molar-refractivity contribution in [2.45, 2.75) is 20.8 Å². The van der Waals surface area contributed by atoms with Crippen molar-refractivity contribution < 1.29 is 9.84 Å². The molecule has 2 aromatic carbocycles. The summed E-state index contributed by atoms with van der Waals surface area (Å²) in [6.07, 6.45) is 1.67. The molecule has 1 N–H and O–H groups in total. The van der Waals surface area contributed by atoms with Gasteiger partial charge < -0.3 is 9.84 Å². The number of rotatable bonds is 4. The Labute approximate surface area is 119 Å². The van der Waals surface area contributed by atoms with E-state index in [4.69, 9.17) is 4.74 Å². The fraction of sp³-hybridized carbons (Fsp3) is 0.235. The van der Waals surface area contributed by atoms with Gasteiger partial charge in [0.2, 0.25) is 0 Å². The smallest absolute Gasteiger partial charge is 0.166 e. The van der Waals surface area contributed by atoms with Crippen LogP contribution >= 0.6 is 0 Å². The van der Waals surface area contributed by atoms with Gasteiger partial charge in [-0.05, 0) is 44.0 Å². The molecule has 0 aliphatic carbocycles. The topological polar surface area (TPSA) is 41.8 Å². The largest absolute Gasteiger partial charge is 0.504 e. The zero-order valence-electron chi connectivity index (χ0n) is 12.1. The highest BCUT2D eigenvalue weighted by Gasteiger charge is 2.06. The highest BCUT2D eigenvalue weighted by atomic mass is 16.5. The number of ether oxygens (including phenoxy) is 1. The Morgan fingerprint density at radius 3 is 2.40 bits per heavy atom. The Hall–Kier alpha value is -2.29. The minimum absolute atomic E-state index is 0.129. The van der Waals surface area contributed by atoms with E-state index in [9.17, 15) is 5.11 Å². The number of hydrogen-bond acceptors (Lipinski definition) is 3. The second-order valence-electron chi connectivity index (χ2n) is 4.63. The Morgan fingerprint density at radius 1 is 1.10 bits per heavy atom. The van der Waals surface area contributed by atoms with Gasteiger partial charge >= 0.3 is 0 Å². The predicted octanol–water partition coefficient (Wildman–Crippen LogP) is 4.16. The number of phenolic OH excluding ortho intramolecular Hbond substituents is 1. The molecule has 0 saturated carbocycles. The number of hydrogen-bond donors (Lipinski definition) is 1. The van der Waals surface area contributed by atoms with Crippen molar-refractivity contribution in [3.05, 3.63) is 53.1 Å². The molecule has 0 radical (unpaired) electrons. The molecule has 3 heteroatoms. The predicted molar refractivity (Wildman–Crippen MR) is 82.4 cm³/mol. The summed E-state index contributed by atoms with van der Waals surface area (Å²) < 4.78 is 5.37. The van der Waals surface area contributed by atoms with Crippen molar-refractivity contribution in [1.82, 2.24) is 0 Å². The number of para-hydroxylation sites is 2. The van der Waals surface area contributed by atoms with E-state index in [-0.39, 0.29) is 5.75 Å². The maximum Gasteiger partial charge on any atom is 0.166 e. The van der Waals surface area contributed by atoms with Crippen molar-refractivity contribution in [3.8, 4) is 11.5 Å². The standard InChI is InChI=1S/C17H19NO2/c1-4-20-15-10-6-9-14(17(15)19)11-18-16-12(2)7-5-8-13(16)3/h5-11,19H,4H2,1-3H3. The van der Waals surface area contributed by atoms with E-state index in [0.717, 1.165) is 16.8 Å². The molecule has 0 atom stereocenters. The summed E-state index contributed by atoms with van der Waals surface area (Å²) in [7, 11) is 0. The molecule has 2 rings (SSSR count). The van der Waals surface area contributed by atoms with Gasteiger partial charge in [0.15, 0.2) is 11.5 Å². The molecular weight excluding hydrogens is 250 g/mol. The Balaban J connectivity index is 2.35. The van der Waals surface area contributed by atoms with Gasteiger partial charge in [-0.15, -0.1) is 0 Å². The zero-order chi connectivity index (χ0) is 14.5. The van der Waals surface area contributed by atoms with Gasteiger partial charge in [-0.1, -0.05) is 24.3 Å².